The summed E-state index contributed by atoms with van der Waals surface area (Å²) in [5.74, 6) is 0. The van der Waals surface area contributed by atoms with Crippen molar-refractivity contribution in [3.8, 4) is 0 Å². The molecule has 3 heteroatoms. The first kappa shape index (κ1) is 12.0. The summed E-state index contributed by atoms with van der Waals surface area (Å²) in [4.78, 5) is 5.01. The fourth-order valence-corrected chi connectivity index (χ4v) is 2.35. The summed E-state index contributed by atoms with van der Waals surface area (Å²) < 4.78 is 0. The van der Waals surface area contributed by atoms with E-state index in [0.717, 1.165) is 32.1 Å². The van der Waals surface area contributed by atoms with Crippen molar-refractivity contribution in [1.29, 1.82) is 0 Å². The van der Waals surface area contributed by atoms with E-state index in [0.29, 0.717) is 6.61 Å². The van der Waals surface area contributed by atoms with E-state index >= 15 is 0 Å². The molecule has 1 aliphatic rings. The summed E-state index contributed by atoms with van der Waals surface area (Å²) in [6.07, 6.45) is 2.22. The Balaban J connectivity index is 2.25. The zero-order chi connectivity index (χ0) is 10.4. The van der Waals surface area contributed by atoms with E-state index in [-0.39, 0.29) is 0 Å². The molecule has 1 unspecified atom stereocenters. The molecule has 84 valence electrons. The van der Waals surface area contributed by atoms with E-state index in [9.17, 15) is 0 Å². The van der Waals surface area contributed by atoms with Gasteiger partial charge >= 0.3 is 0 Å². The number of aliphatic hydroxyl groups is 1. The normalized spacial score (nSPS) is 23.6. The summed E-state index contributed by atoms with van der Waals surface area (Å²) >= 11 is 0. The van der Waals surface area contributed by atoms with Crippen molar-refractivity contribution < 1.29 is 5.11 Å². The summed E-state index contributed by atoms with van der Waals surface area (Å²) in [7, 11) is 0. The first-order valence-corrected chi connectivity index (χ1v) is 5.89. The average Bonchev–Trinajstić information content (AvgIpc) is 2.65. The van der Waals surface area contributed by atoms with Crippen LogP contribution < -0.4 is 0 Å². The van der Waals surface area contributed by atoms with Gasteiger partial charge in [0.05, 0.1) is 0 Å². The fraction of sp³-hybridized carbons (Fsp3) is 1.00. The van der Waals surface area contributed by atoms with Gasteiger partial charge in [0.15, 0.2) is 0 Å². The SMILES string of the molecule is CCN(CC)C1CCN(CCCO)C1. The molecule has 0 amide bonds. The van der Waals surface area contributed by atoms with Gasteiger partial charge in [0, 0.05) is 25.7 Å². The van der Waals surface area contributed by atoms with Crippen molar-refractivity contribution in [3.05, 3.63) is 0 Å². The lowest BCUT2D eigenvalue weighted by Gasteiger charge is -2.26. The van der Waals surface area contributed by atoms with Crippen LogP contribution in [0.25, 0.3) is 0 Å². The van der Waals surface area contributed by atoms with E-state index in [2.05, 4.69) is 23.6 Å². The molecule has 14 heavy (non-hydrogen) atoms. The van der Waals surface area contributed by atoms with Crippen LogP contribution in [0.15, 0.2) is 0 Å². The smallest absolute Gasteiger partial charge is 0.0443 e. The molecule has 0 saturated carbocycles. The van der Waals surface area contributed by atoms with Crippen LogP contribution in [0, 0.1) is 0 Å². The number of likely N-dealkylation sites (N-methyl/N-ethyl adjacent to an activating group) is 1. The van der Waals surface area contributed by atoms with E-state index in [4.69, 9.17) is 5.11 Å². The topological polar surface area (TPSA) is 26.7 Å². The van der Waals surface area contributed by atoms with Crippen LogP contribution in [-0.2, 0) is 0 Å². The molecule has 1 N–H and O–H groups in total. The zero-order valence-electron chi connectivity index (χ0n) is 9.58. The maximum atomic E-state index is 8.76. The number of hydrogen-bond acceptors (Lipinski definition) is 3. The van der Waals surface area contributed by atoms with Crippen molar-refractivity contribution in [2.75, 3.05) is 39.3 Å². The fourth-order valence-electron chi connectivity index (χ4n) is 2.35. The van der Waals surface area contributed by atoms with E-state index in [1.807, 2.05) is 0 Å². The first-order valence-electron chi connectivity index (χ1n) is 5.89. The van der Waals surface area contributed by atoms with Crippen molar-refractivity contribution in [2.24, 2.45) is 0 Å². The van der Waals surface area contributed by atoms with Gasteiger partial charge in [-0.3, -0.25) is 4.90 Å². The molecule has 1 rings (SSSR count). The summed E-state index contributed by atoms with van der Waals surface area (Å²) in [5.41, 5.74) is 0. The zero-order valence-corrected chi connectivity index (χ0v) is 9.58. The largest absolute Gasteiger partial charge is 0.396 e. The lowest BCUT2D eigenvalue weighted by Crippen LogP contribution is -2.37. The van der Waals surface area contributed by atoms with Crippen LogP contribution >= 0.6 is 0 Å². The van der Waals surface area contributed by atoms with Gasteiger partial charge in [-0.05, 0) is 32.5 Å². The minimum Gasteiger partial charge on any atom is -0.396 e. The Morgan fingerprint density at radius 3 is 2.64 bits per heavy atom. The van der Waals surface area contributed by atoms with E-state index < -0.39 is 0 Å². The molecule has 1 saturated heterocycles. The lowest BCUT2D eigenvalue weighted by atomic mass is 10.2. The van der Waals surface area contributed by atoms with E-state index in [1.165, 1.54) is 19.5 Å². The molecule has 3 nitrogen and oxygen atoms in total. The average molecular weight is 200 g/mol. The molecule has 0 radical (unpaired) electrons. The Bertz CT molecular complexity index is 148. The highest BCUT2D eigenvalue weighted by Gasteiger charge is 2.25. The van der Waals surface area contributed by atoms with Crippen molar-refractivity contribution in [1.82, 2.24) is 9.80 Å². The molecule has 1 aliphatic heterocycles. The van der Waals surface area contributed by atoms with Gasteiger partial charge in [0.25, 0.3) is 0 Å². The predicted octanol–water partition coefficient (Wildman–Crippen LogP) is 0.785. The van der Waals surface area contributed by atoms with Crippen LogP contribution in [0.2, 0.25) is 0 Å². The van der Waals surface area contributed by atoms with Gasteiger partial charge in [-0.1, -0.05) is 13.8 Å². The molecule has 1 fully saturated rings. The Kier molecular flexibility index (Phi) is 5.45. The predicted molar refractivity (Wildman–Crippen MR) is 59.5 cm³/mol. The Morgan fingerprint density at radius 2 is 2.07 bits per heavy atom. The van der Waals surface area contributed by atoms with Crippen molar-refractivity contribution in [2.45, 2.75) is 32.7 Å². The number of likely N-dealkylation sites (tertiary alicyclic amines) is 1. The molecule has 0 aromatic rings. The summed E-state index contributed by atoms with van der Waals surface area (Å²) in [6.45, 7) is 10.6. The molecule has 0 aliphatic carbocycles. The van der Waals surface area contributed by atoms with Gasteiger partial charge in [0.1, 0.15) is 0 Å². The van der Waals surface area contributed by atoms with Gasteiger partial charge < -0.3 is 10.0 Å². The minimum atomic E-state index is 0.326. The number of nitrogens with zero attached hydrogens (tertiary/aromatic N) is 2. The van der Waals surface area contributed by atoms with Crippen molar-refractivity contribution in [3.63, 3.8) is 0 Å². The molecule has 1 heterocycles. The Hall–Kier alpha value is -0.120. The van der Waals surface area contributed by atoms with Gasteiger partial charge in [-0.15, -0.1) is 0 Å². The monoisotopic (exact) mass is 200 g/mol. The molecular weight excluding hydrogens is 176 g/mol. The molecule has 1 atom stereocenters. The highest BCUT2D eigenvalue weighted by molar-refractivity contribution is 4.82. The van der Waals surface area contributed by atoms with Crippen molar-refractivity contribution >= 4 is 0 Å². The standard InChI is InChI=1S/C11H24N2O/c1-3-13(4-2)11-6-8-12(10-11)7-5-9-14/h11,14H,3-10H2,1-2H3. The van der Waals surface area contributed by atoms with Gasteiger partial charge in [-0.2, -0.15) is 0 Å². The van der Waals surface area contributed by atoms with Crippen LogP contribution in [0.3, 0.4) is 0 Å². The molecule has 0 aromatic carbocycles. The van der Waals surface area contributed by atoms with Gasteiger partial charge in [-0.25, -0.2) is 0 Å². The lowest BCUT2D eigenvalue weighted by molar-refractivity contribution is 0.202. The third-order valence-electron chi connectivity index (χ3n) is 3.21. The van der Waals surface area contributed by atoms with Crippen LogP contribution in [-0.4, -0.2) is 60.3 Å². The Labute approximate surface area is 87.7 Å². The summed E-state index contributed by atoms with van der Waals surface area (Å²) in [5, 5.41) is 8.76. The summed E-state index contributed by atoms with van der Waals surface area (Å²) in [6, 6.07) is 0.753. The van der Waals surface area contributed by atoms with Crippen LogP contribution in [0.1, 0.15) is 26.7 Å². The highest BCUT2D eigenvalue weighted by atomic mass is 16.3. The number of hydrogen-bond donors (Lipinski definition) is 1. The molecular formula is C11H24N2O. The first-order chi connectivity index (χ1) is 6.81. The third kappa shape index (κ3) is 3.23. The Morgan fingerprint density at radius 1 is 1.36 bits per heavy atom. The van der Waals surface area contributed by atoms with Crippen LogP contribution in [0.5, 0.6) is 0 Å². The second kappa shape index (κ2) is 6.38. The molecule has 0 bridgehead atoms. The minimum absolute atomic E-state index is 0.326. The third-order valence-corrected chi connectivity index (χ3v) is 3.21. The van der Waals surface area contributed by atoms with Gasteiger partial charge in [0.2, 0.25) is 0 Å². The molecule has 0 aromatic heterocycles. The quantitative estimate of drug-likeness (QED) is 0.686. The maximum Gasteiger partial charge on any atom is 0.0443 e. The van der Waals surface area contributed by atoms with E-state index in [1.54, 1.807) is 0 Å². The van der Waals surface area contributed by atoms with Crippen LogP contribution in [0.4, 0.5) is 0 Å². The molecule has 0 spiro atoms. The second-order valence-electron chi connectivity index (χ2n) is 4.04. The second-order valence-corrected chi connectivity index (χ2v) is 4.04. The highest BCUT2D eigenvalue weighted by Crippen LogP contribution is 2.15. The maximum absolute atomic E-state index is 8.76. The number of rotatable bonds is 6. The number of aliphatic hydroxyl groups excluding tert-OH is 1.